The number of imide groups is 1. The molecule has 0 bridgehead atoms. The van der Waals surface area contributed by atoms with Gasteiger partial charge in [-0.1, -0.05) is 6.92 Å². The predicted molar refractivity (Wildman–Crippen MR) is 212 cm³/mol. The van der Waals surface area contributed by atoms with Crippen LogP contribution in [0.5, 0.6) is 5.75 Å². The number of alkyl halides is 3. The molecule has 308 valence electrons. The lowest BCUT2D eigenvalue weighted by atomic mass is 10.0. The van der Waals surface area contributed by atoms with Crippen LogP contribution in [0.1, 0.15) is 50.3 Å². The quantitative estimate of drug-likeness (QED) is 0.112. The first kappa shape index (κ1) is 42.2. The Kier molecular flexibility index (Phi) is 12.5. The van der Waals surface area contributed by atoms with Crippen LogP contribution in [0.4, 0.5) is 40.3 Å². The van der Waals surface area contributed by atoms with Crippen molar-refractivity contribution >= 4 is 59.0 Å². The first-order chi connectivity index (χ1) is 27.5. The monoisotopic (exact) mass is 824 g/mol. The van der Waals surface area contributed by atoms with Crippen molar-refractivity contribution in [1.82, 2.24) is 15.1 Å². The van der Waals surface area contributed by atoms with E-state index in [-0.39, 0.29) is 42.6 Å². The Morgan fingerprint density at radius 2 is 1.69 bits per heavy atom. The molecule has 3 aliphatic rings. The van der Waals surface area contributed by atoms with E-state index in [2.05, 4.69) is 20.9 Å². The van der Waals surface area contributed by atoms with Crippen LogP contribution in [-0.4, -0.2) is 96.4 Å². The average Bonchev–Trinajstić information content (AvgIpc) is 3.34. The maximum absolute atomic E-state index is 14.4. The number of nitrogens with zero attached hydrogens (tertiary/aromatic N) is 5. The van der Waals surface area contributed by atoms with Gasteiger partial charge in [0.05, 0.1) is 23.7 Å². The zero-order chi connectivity index (χ0) is 41.9. The van der Waals surface area contributed by atoms with E-state index in [9.17, 15) is 42.0 Å². The Hall–Kier alpha value is -5.38. The zero-order valence-corrected chi connectivity index (χ0v) is 33.1. The second-order valence-electron chi connectivity index (χ2n) is 14.8. The number of benzene rings is 3. The van der Waals surface area contributed by atoms with Crippen molar-refractivity contribution in [3.05, 3.63) is 77.1 Å². The van der Waals surface area contributed by atoms with E-state index in [4.69, 9.17) is 17.4 Å². The van der Waals surface area contributed by atoms with Gasteiger partial charge in [0.1, 0.15) is 29.8 Å². The number of carbonyl (C=O) groups is 4. The van der Waals surface area contributed by atoms with Gasteiger partial charge in [-0.3, -0.25) is 39.2 Å². The van der Waals surface area contributed by atoms with E-state index in [1.54, 1.807) is 30.9 Å². The molecule has 58 heavy (non-hydrogen) atoms. The van der Waals surface area contributed by atoms with Crippen molar-refractivity contribution < 1.29 is 41.5 Å². The topological polar surface area (TPSA) is 150 Å². The lowest BCUT2D eigenvalue weighted by Gasteiger charge is -2.34. The van der Waals surface area contributed by atoms with Crippen LogP contribution in [0.3, 0.4) is 0 Å². The van der Waals surface area contributed by atoms with Gasteiger partial charge in [-0.05, 0) is 86.8 Å². The molecular weight excluding hydrogens is 781 g/mol. The summed E-state index contributed by atoms with van der Waals surface area (Å²) >= 11 is 4.70. The van der Waals surface area contributed by atoms with Crippen molar-refractivity contribution in [3.8, 4) is 11.8 Å². The Morgan fingerprint density at radius 3 is 2.36 bits per heavy atom. The molecule has 2 unspecified atom stereocenters. The number of ether oxygens (including phenoxy) is 1. The normalized spacial score (nSPS) is 20.2. The Balaban J connectivity index is 0.999. The van der Waals surface area contributed by atoms with Gasteiger partial charge in [0.2, 0.25) is 17.7 Å². The molecule has 3 aromatic carbocycles. The minimum absolute atomic E-state index is 0.0211. The molecule has 6 rings (SSSR count). The van der Waals surface area contributed by atoms with Crippen LogP contribution in [-0.2, 0) is 31.8 Å². The lowest BCUT2D eigenvalue weighted by molar-refractivity contribution is -0.138. The Morgan fingerprint density at radius 1 is 1.00 bits per heavy atom. The number of piperazine rings is 1. The summed E-state index contributed by atoms with van der Waals surface area (Å²) in [6, 6.07) is 13.5. The maximum Gasteiger partial charge on any atom is 0.417 e. The van der Waals surface area contributed by atoms with Crippen molar-refractivity contribution in [2.24, 2.45) is 0 Å². The summed E-state index contributed by atoms with van der Waals surface area (Å²) in [5.41, 5.74) is -1.75. The number of hydrogen-bond acceptors (Lipinski definition) is 11. The molecule has 3 aromatic rings. The summed E-state index contributed by atoms with van der Waals surface area (Å²) in [4.78, 5) is 57.3. The first-order valence-electron chi connectivity index (χ1n) is 18.8. The third-order valence-corrected chi connectivity index (χ3v) is 10.9. The number of thiol groups is 1. The summed E-state index contributed by atoms with van der Waals surface area (Å²) in [6.07, 6.45) is -3.74. The number of aryl methyl sites for hydroxylation is 1. The molecule has 4 amide bonds. The van der Waals surface area contributed by atoms with Crippen LogP contribution >= 0.6 is 12.6 Å². The standard InChI is InChI=1S/C40H44F4N8O5S/c1-4-24-17-30(52-38(58)51(37(56)39(52,2)3)29-6-5-25(22-45)31(21-29)40(42,43)44)7-9-33(24)57-16-15-49-11-13-50(14-12-49)23-35(54)47-28-19-26(41)18-27(20-28)46-32-8-10-34(53)48-36(32)55/h5-7,9,17-21,32,38,46,58H,4,8,10-16,23H2,1-3H3,(H,47,54)(H,48,53,55). The molecular formula is C40H44F4N8O5S. The molecule has 0 saturated carbocycles. The van der Waals surface area contributed by atoms with Gasteiger partial charge in [-0.2, -0.15) is 18.4 Å². The van der Waals surface area contributed by atoms with Crippen LogP contribution in [0.2, 0.25) is 0 Å². The van der Waals surface area contributed by atoms with Crippen LogP contribution in [0, 0.1) is 17.1 Å². The van der Waals surface area contributed by atoms with Gasteiger partial charge in [0, 0.05) is 61.9 Å². The van der Waals surface area contributed by atoms with E-state index in [1.165, 1.54) is 29.2 Å². The fourth-order valence-corrected chi connectivity index (χ4v) is 8.06. The van der Waals surface area contributed by atoms with Crippen LogP contribution < -0.4 is 30.5 Å². The van der Waals surface area contributed by atoms with Gasteiger partial charge in [0.25, 0.3) is 5.91 Å². The van der Waals surface area contributed by atoms with Crippen molar-refractivity contribution in [3.63, 3.8) is 0 Å². The van der Waals surface area contributed by atoms with Crippen molar-refractivity contribution in [2.75, 3.05) is 66.3 Å². The van der Waals surface area contributed by atoms with Crippen LogP contribution in [0.25, 0.3) is 0 Å². The highest BCUT2D eigenvalue weighted by Gasteiger charge is 2.52. The van der Waals surface area contributed by atoms with Crippen molar-refractivity contribution in [2.45, 2.75) is 63.3 Å². The van der Waals surface area contributed by atoms with Gasteiger partial charge in [0.15, 0.2) is 5.50 Å². The van der Waals surface area contributed by atoms with E-state index in [1.807, 2.05) is 24.0 Å². The van der Waals surface area contributed by atoms with Gasteiger partial charge >= 0.3 is 6.18 Å². The van der Waals surface area contributed by atoms with E-state index in [0.717, 1.165) is 17.7 Å². The molecule has 3 N–H and O–H groups in total. The van der Waals surface area contributed by atoms with Gasteiger partial charge in [-0.15, -0.1) is 12.6 Å². The first-order valence-corrected chi connectivity index (χ1v) is 19.3. The number of hydrogen-bond donors (Lipinski definition) is 4. The second-order valence-corrected chi connectivity index (χ2v) is 15.3. The molecule has 13 nitrogen and oxygen atoms in total. The highest BCUT2D eigenvalue weighted by atomic mass is 32.1. The molecule has 3 aliphatic heterocycles. The van der Waals surface area contributed by atoms with E-state index < -0.39 is 52.0 Å². The number of rotatable bonds is 12. The predicted octanol–water partition coefficient (Wildman–Crippen LogP) is 4.98. The number of amides is 4. The summed E-state index contributed by atoms with van der Waals surface area (Å²) in [5.74, 6) is -1.54. The number of anilines is 4. The summed E-state index contributed by atoms with van der Waals surface area (Å²) in [5, 5.41) is 17.1. The lowest BCUT2D eigenvalue weighted by Crippen LogP contribution is -2.49. The third kappa shape index (κ3) is 9.32. The molecule has 3 heterocycles. The Bertz CT molecular complexity index is 2120. The maximum atomic E-state index is 14.4. The molecule has 3 fully saturated rings. The van der Waals surface area contributed by atoms with Gasteiger partial charge in [-0.25, -0.2) is 4.39 Å². The van der Waals surface area contributed by atoms with E-state index in [0.29, 0.717) is 62.9 Å². The third-order valence-electron chi connectivity index (χ3n) is 10.5. The number of halogens is 4. The van der Waals surface area contributed by atoms with E-state index >= 15 is 0 Å². The van der Waals surface area contributed by atoms with Crippen LogP contribution in [0.15, 0.2) is 54.6 Å². The number of nitriles is 1. The van der Waals surface area contributed by atoms with Gasteiger partial charge < -0.3 is 20.3 Å². The zero-order valence-electron chi connectivity index (χ0n) is 32.2. The smallest absolute Gasteiger partial charge is 0.417 e. The highest BCUT2D eigenvalue weighted by molar-refractivity contribution is 7.81. The molecule has 0 aliphatic carbocycles. The molecule has 0 aromatic heterocycles. The number of nitrogens with one attached hydrogen (secondary N) is 3. The second kappa shape index (κ2) is 17.2. The summed E-state index contributed by atoms with van der Waals surface area (Å²) < 4.78 is 61.9. The highest BCUT2D eigenvalue weighted by Crippen LogP contribution is 2.43. The molecule has 0 radical (unpaired) electrons. The fraction of sp³-hybridized carbons (Fsp3) is 0.425. The molecule has 0 spiro atoms. The SMILES string of the molecule is CCc1cc(N2C(S)N(c3ccc(C#N)c(C(F)(F)F)c3)C(=O)C2(C)C)ccc1OCCN1CCN(CC(=O)Nc2cc(F)cc(NC3CCC(=O)NC3=O)c2)CC1. The largest absolute Gasteiger partial charge is 0.492 e. The Labute approximate surface area is 338 Å². The number of piperidine rings is 1. The average molecular weight is 825 g/mol. The number of carbonyl (C=O) groups excluding carboxylic acids is 4. The van der Waals surface area contributed by atoms with Crippen molar-refractivity contribution in [1.29, 1.82) is 5.26 Å². The minimum atomic E-state index is -4.79. The molecule has 18 heteroatoms. The molecule has 3 saturated heterocycles. The fourth-order valence-electron chi connectivity index (χ4n) is 7.40. The molecule has 2 atom stereocenters. The summed E-state index contributed by atoms with van der Waals surface area (Å²) in [7, 11) is 0. The summed E-state index contributed by atoms with van der Waals surface area (Å²) in [6.45, 7) is 9.08. The minimum Gasteiger partial charge on any atom is -0.492 e.